The van der Waals surface area contributed by atoms with Crippen LogP contribution in [0.1, 0.15) is 16.1 Å². The highest BCUT2D eigenvalue weighted by molar-refractivity contribution is 7.98. The molecule has 0 saturated carbocycles. The van der Waals surface area contributed by atoms with Crippen LogP contribution in [0.5, 0.6) is 0 Å². The normalized spacial score (nSPS) is 11.1. The third kappa shape index (κ3) is 3.35. The predicted molar refractivity (Wildman–Crippen MR) is 106 cm³/mol. The summed E-state index contributed by atoms with van der Waals surface area (Å²) in [4.78, 5) is 17.1. The first-order valence-corrected chi connectivity index (χ1v) is 10.0. The van der Waals surface area contributed by atoms with Crippen molar-refractivity contribution in [3.63, 3.8) is 0 Å². The van der Waals surface area contributed by atoms with E-state index in [1.165, 1.54) is 16.9 Å². The number of fused-ring (bicyclic) bond motifs is 1. The first kappa shape index (κ1) is 17.1. The number of carboxylic acids is 1. The van der Waals surface area contributed by atoms with E-state index >= 15 is 0 Å². The maximum atomic E-state index is 11.2. The summed E-state index contributed by atoms with van der Waals surface area (Å²) in [5, 5.41) is 11.8. The second kappa shape index (κ2) is 7.15. The van der Waals surface area contributed by atoms with Crippen molar-refractivity contribution in [1.29, 1.82) is 0 Å². The maximum absolute atomic E-state index is 11.2. The van der Waals surface area contributed by atoms with Gasteiger partial charge in [0.2, 0.25) is 0 Å². The van der Waals surface area contributed by atoms with Gasteiger partial charge in [-0.25, -0.2) is 9.78 Å². The van der Waals surface area contributed by atoms with Gasteiger partial charge in [0.05, 0.1) is 5.69 Å². The molecule has 2 aromatic carbocycles. The third-order valence-electron chi connectivity index (χ3n) is 3.88. The van der Waals surface area contributed by atoms with Gasteiger partial charge < -0.3 is 5.11 Å². The molecule has 0 aliphatic heterocycles. The van der Waals surface area contributed by atoms with E-state index in [0.29, 0.717) is 9.98 Å². The molecular formula is C19H13ClN2O2S2. The zero-order chi connectivity index (χ0) is 18.1. The number of thiazole rings is 1. The van der Waals surface area contributed by atoms with Crippen molar-refractivity contribution in [2.24, 2.45) is 0 Å². The predicted octanol–water partition coefficient (Wildman–Crippen LogP) is 5.71. The Kier molecular flexibility index (Phi) is 4.72. The molecule has 2 aromatic heterocycles. The van der Waals surface area contributed by atoms with Crippen LogP contribution in [0, 0.1) is 0 Å². The van der Waals surface area contributed by atoms with Crippen LogP contribution >= 0.6 is 34.7 Å². The summed E-state index contributed by atoms with van der Waals surface area (Å²) in [6, 6.07) is 16.0. The Morgan fingerprint density at radius 3 is 2.81 bits per heavy atom. The summed E-state index contributed by atoms with van der Waals surface area (Å²) in [6.07, 6.45) is 1.55. The Hall–Kier alpha value is -2.28. The highest BCUT2D eigenvalue weighted by Crippen LogP contribution is 2.37. The summed E-state index contributed by atoms with van der Waals surface area (Å²) in [7, 11) is 0. The fraction of sp³-hybridized carbons (Fsp3) is 0.0526. The van der Waals surface area contributed by atoms with Crippen molar-refractivity contribution >= 4 is 45.6 Å². The molecule has 4 aromatic rings. The average molecular weight is 401 g/mol. The summed E-state index contributed by atoms with van der Waals surface area (Å²) in [6.45, 7) is 0. The molecule has 4 nitrogen and oxygen atoms in total. The van der Waals surface area contributed by atoms with E-state index in [1.54, 1.807) is 18.0 Å². The Morgan fingerprint density at radius 2 is 2.04 bits per heavy atom. The standard InChI is InChI=1S/C19H13ClN2O2S2/c20-13-6-7-17(25-10-12-4-2-1-3-5-12)14(8-13)16-11-26-19-21-15(18(23)24)9-22(16)19/h1-9,11H,10H2,(H,23,24). The van der Waals surface area contributed by atoms with Gasteiger partial charge >= 0.3 is 5.97 Å². The van der Waals surface area contributed by atoms with Gasteiger partial charge in [0.15, 0.2) is 10.7 Å². The van der Waals surface area contributed by atoms with E-state index in [-0.39, 0.29) is 5.69 Å². The highest BCUT2D eigenvalue weighted by Gasteiger charge is 2.16. The minimum Gasteiger partial charge on any atom is -0.476 e. The van der Waals surface area contributed by atoms with Crippen LogP contribution in [0.2, 0.25) is 5.02 Å². The lowest BCUT2D eigenvalue weighted by molar-refractivity contribution is 0.0691. The highest BCUT2D eigenvalue weighted by atomic mass is 35.5. The van der Waals surface area contributed by atoms with Crippen LogP contribution < -0.4 is 0 Å². The molecule has 4 rings (SSSR count). The molecule has 0 unspecified atom stereocenters. The number of aromatic carboxylic acids is 1. The monoisotopic (exact) mass is 400 g/mol. The Morgan fingerprint density at radius 1 is 1.23 bits per heavy atom. The second-order valence-corrected chi connectivity index (χ2v) is 7.91. The minimum atomic E-state index is -1.03. The largest absolute Gasteiger partial charge is 0.476 e. The number of rotatable bonds is 5. The average Bonchev–Trinajstić information content (AvgIpc) is 3.22. The molecule has 1 N–H and O–H groups in total. The molecule has 0 atom stereocenters. The molecule has 0 fully saturated rings. The number of nitrogens with zero attached hydrogens (tertiary/aromatic N) is 2. The molecule has 0 aliphatic carbocycles. The summed E-state index contributed by atoms with van der Waals surface area (Å²) < 4.78 is 1.81. The van der Waals surface area contributed by atoms with Gasteiger partial charge in [-0.15, -0.1) is 23.1 Å². The van der Waals surface area contributed by atoms with E-state index < -0.39 is 5.97 Å². The summed E-state index contributed by atoms with van der Waals surface area (Å²) in [5.41, 5.74) is 3.14. The van der Waals surface area contributed by atoms with Crippen molar-refractivity contribution in [2.45, 2.75) is 10.6 Å². The van der Waals surface area contributed by atoms with Gasteiger partial charge in [0.1, 0.15) is 0 Å². The van der Waals surface area contributed by atoms with Crippen LogP contribution in [0.3, 0.4) is 0 Å². The first-order chi connectivity index (χ1) is 12.6. The zero-order valence-electron chi connectivity index (χ0n) is 13.4. The molecule has 0 spiro atoms. The molecule has 0 saturated heterocycles. The minimum absolute atomic E-state index is 0.0404. The number of halogens is 1. The maximum Gasteiger partial charge on any atom is 0.356 e. The Labute approximate surface area is 163 Å². The number of hydrogen-bond acceptors (Lipinski definition) is 4. The van der Waals surface area contributed by atoms with Crippen molar-refractivity contribution < 1.29 is 9.90 Å². The zero-order valence-corrected chi connectivity index (χ0v) is 15.8. The molecule has 7 heteroatoms. The topological polar surface area (TPSA) is 54.6 Å². The lowest BCUT2D eigenvalue weighted by Gasteiger charge is -2.09. The fourth-order valence-electron chi connectivity index (χ4n) is 2.64. The van der Waals surface area contributed by atoms with Gasteiger partial charge in [-0.05, 0) is 23.8 Å². The van der Waals surface area contributed by atoms with Gasteiger partial charge in [-0.3, -0.25) is 4.40 Å². The first-order valence-electron chi connectivity index (χ1n) is 7.78. The van der Waals surface area contributed by atoms with Crippen LogP contribution in [-0.2, 0) is 5.75 Å². The molecule has 26 heavy (non-hydrogen) atoms. The van der Waals surface area contributed by atoms with Gasteiger partial charge in [-0.2, -0.15) is 0 Å². The van der Waals surface area contributed by atoms with Crippen LogP contribution in [0.4, 0.5) is 0 Å². The fourth-order valence-corrected chi connectivity index (χ4v) is 4.69. The lowest BCUT2D eigenvalue weighted by atomic mass is 10.2. The van der Waals surface area contributed by atoms with Crippen LogP contribution in [0.15, 0.2) is 65.0 Å². The Balaban J connectivity index is 1.74. The van der Waals surface area contributed by atoms with Gasteiger partial charge in [0.25, 0.3) is 0 Å². The molecular weight excluding hydrogens is 388 g/mol. The van der Waals surface area contributed by atoms with Crippen LogP contribution in [0.25, 0.3) is 16.2 Å². The molecule has 0 radical (unpaired) electrons. The van der Waals surface area contributed by atoms with Crippen molar-refractivity contribution in [3.8, 4) is 11.3 Å². The van der Waals surface area contributed by atoms with E-state index in [4.69, 9.17) is 11.6 Å². The third-order valence-corrected chi connectivity index (χ3v) is 6.10. The molecule has 0 amide bonds. The van der Waals surface area contributed by atoms with Crippen molar-refractivity contribution in [2.75, 3.05) is 0 Å². The summed E-state index contributed by atoms with van der Waals surface area (Å²) in [5.74, 6) is -0.191. The van der Waals surface area contributed by atoms with E-state index in [9.17, 15) is 9.90 Å². The summed E-state index contributed by atoms with van der Waals surface area (Å²) >= 11 is 9.37. The number of aromatic nitrogens is 2. The number of hydrogen-bond donors (Lipinski definition) is 1. The molecule has 130 valence electrons. The van der Waals surface area contributed by atoms with E-state index in [1.807, 2.05) is 46.2 Å². The smallest absolute Gasteiger partial charge is 0.356 e. The SMILES string of the molecule is O=C(O)c1cn2c(-c3cc(Cl)ccc3SCc3ccccc3)csc2n1. The van der Waals surface area contributed by atoms with Crippen molar-refractivity contribution in [3.05, 3.63) is 76.4 Å². The molecule has 0 aliphatic rings. The van der Waals surface area contributed by atoms with E-state index in [0.717, 1.165) is 21.9 Å². The van der Waals surface area contributed by atoms with Crippen LogP contribution in [-0.4, -0.2) is 20.5 Å². The number of benzene rings is 2. The molecule has 2 heterocycles. The second-order valence-electron chi connectivity index (χ2n) is 5.62. The molecule has 0 bridgehead atoms. The van der Waals surface area contributed by atoms with E-state index in [2.05, 4.69) is 17.1 Å². The quantitative estimate of drug-likeness (QED) is 0.436. The van der Waals surface area contributed by atoms with Gasteiger partial charge in [-0.1, -0.05) is 41.9 Å². The number of imidazole rings is 1. The Bertz CT molecular complexity index is 1090. The number of carbonyl (C=O) groups is 1. The number of thioether (sulfide) groups is 1. The van der Waals surface area contributed by atoms with Gasteiger partial charge in [0, 0.05) is 32.8 Å². The number of carboxylic acid groups (broad SMARTS) is 1. The van der Waals surface area contributed by atoms with Crippen molar-refractivity contribution in [1.82, 2.24) is 9.38 Å². The lowest BCUT2D eigenvalue weighted by Crippen LogP contribution is -1.95.